The third-order valence-corrected chi connectivity index (χ3v) is 3.38. The molecule has 0 fully saturated rings. The Kier molecular flexibility index (Phi) is 3.65. The predicted molar refractivity (Wildman–Crippen MR) is 81.9 cm³/mol. The minimum atomic E-state index is -0.188. The molecule has 0 spiro atoms. The van der Waals surface area contributed by atoms with Crippen LogP contribution >= 0.6 is 0 Å². The zero-order chi connectivity index (χ0) is 15.5. The van der Waals surface area contributed by atoms with Crippen LogP contribution in [0.1, 0.15) is 15.9 Å². The number of methoxy groups -OCH3 is 1. The van der Waals surface area contributed by atoms with Crippen molar-refractivity contribution in [3.8, 4) is 11.5 Å². The summed E-state index contributed by atoms with van der Waals surface area (Å²) in [6, 6.07) is 10.3. The molecule has 1 heterocycles. The first-order chi connectivity index (χ1) is 10.7. The second-order valence-electron chi connectivity index (χ2n) is 4.82. The summed E-state index contributed by atoms with van der Waals surface area (Å²) in [6.45, 7) is 0.317. The number of ether oxygens (including phenoxy) is 1. The number of phenolic OH excluding ortho intramolecular Hbond substituents is 1. The number of aromatic amines is 1. The number of hydrogen-bond acceptors (Lipinski definition) is 4. The van der Waals surface area contributed by atoms with Crippen LogP contribution in [0.3, 0.4) is 0 Å². The van der Waals surface area contributed by atoms with Crippen LogP contribution in [0.15, 0.2) is 42.7 Å². The molecular formula is C16H15N3O3. The SMILES string of the molecule is COc1ccc(CNC(=O)c2ccc3nc[nH]c3c2)cc1O. The Balaban J connectivity index is 1.70. The number of carbonyl (C=O) groups is 1. The molecule has 3 rings (SSSR count). The van der Waals surface area contributed by atoms with Gasteiger partial charge in [0.05, 0.1) is 24.5 Å². The van der Waals surface area contributed by atoms with E-state index in [0.717, 1.165) is 16.6 Å². The number of carbonyl (C=O) groups excluding carboxylic acids is 1. The van der Waals surface area contributed by atoms with Crippen LogP contribution in [0.4, 0.5) is 0 Å². The molecule has 0 saturated heterocycles. The average Bonchev–Trinajstić information content (AvgIpc) is 3.00. The summed E-state index contributed by atoms with van der Waals surface area (Å²) in [7, 11) is 1.49. The maximum absolute atomic E-state index is 12.2. The van der Waals surface area contributed by atoms with Gasteiger partial charge in [0.1, 0.15) is 0 Å². The van der Waals surface area contributed by atoms with Gasteiger partial charge in [0.25, 0.3) is 5.91 Å². The second kappa shape index (κ2) is 5.77. The predicted octanol–water partition coefficient (Wildman–Crippen LogP) is 2.21. The number of nitrogens with zero attached hydrogens (tertiary/aromatic N) is 1. The molecule has 0 atom stereocenters. The lowest BCUT2D eigenvalue weighted by atomic mass is 10.1. The van der Waals surface area contributed by atoms with Crippen LogP contribution in [0.5, 0.6) is 11.5 Å². The molecule has 0 unspecified atom stereocenters. The van der Waals surface area contributed by atoms with Crippen molar-refractivity contribution in [1.82, 2.24) is 15.3 Å². The molecule has 3 N–H and O–H groups in total. The van der Waals surface area contributed by atoms with E-state index in [2.05, 4.69) is 15.3 Å². The molecule has 1 aromatic heterocycles. The van der Waals surface area contributed by atoms with E-state index in [1.807, 2.05) is 0 Å². The summed E-state index contributed by atoms with van der Waals surface area (Å²) in [4.78, 5) is 19.2. The molecule has 0 saturated carbocycles. The number of nitrogens with one attached hydrogen (secondary N) is 2. The third kappa shape index (κ3) is 2.71. The molecule has 0 radical (unpaired) electrons. The van der Waals surface area contributed by atoms with E-state index in [4.69, 9.17) is 4.74 Å². The number of benzene rings is 2. The van der Waals surface area contributed by atoms with Crippen LogP contribution in [0.25, 0.3) is 11.0 Å². The Morgan fingerprint density at radius 1 is 1.32 bits per heavy atom. The minimum absolute atomic E-state index is 0.0492. The fraction of sp³-hybridized carbons (Fsp3) is 0.125. The minimum Gasteiger partial charge on any atom is -0.504 e. The normalized spacial score (nSPS) is 10.6. The Morgan fingerprint density at radius 2 is 2.18 bits per heavy atom. The number of fused-ring (bicyclic) bond motifs is 1. The van der Waals surface area contributed by atoms with Crippen molar-refractivity contribution >= 4 is 16.9 Å². The summed E-state index contributed by atoms with van der Waals surface area (Å²) in [5.74, 6) is 0.264. The Morgan fingerprint density at radius 3 is 2.95 bits per heavy atom. The van der Waals surface area contributed by atoms with Crippen molar-refractivity contribution in [3.05, 3.63) is 53.9 Å². The number of rotatable bonds is 4. The van der Waals surface area contributed by atoms with Crippen LogP contribution in [-0.2, 0) is 6.54 Å². The van der Waals surface area contributed by atoms with Crippen molar-refractivity contribution in [3.63, 3.8) is 0 Å². The summed E-state index contributed by atoms with van der Waals surface area (Å²) in [5.41, 5.74) is 2.97. The third-order valence-electron chi connectivity index (χ3n) is 3.38. The highest BCUT2D eigenvalue weighted by Crippen LogP contribution is 2.26. The summed E-state index contributed by atoms with van der Waals surface area (Å²) < 4.78 is 4.98. The highest BCUT2D eigenvalue weighted by Gasteiger charge is 2.08. The Hall–Kier alpha value is -3.02. The quantitative estimate of drug-likeness (QED) is 0.689. The molecule has 2 aromatic carbocycles. The maximum Gasteiger partial charge on any atom is 0.251 e. The van der Waals surface area contributed by atoms with Gasteiger partial charge in [0, 0.05) is 12.1 Å². The van der Waals surface area contributed by atoms with Gasteiger partial charge in [-0.15, -0.1) is 0 Å². The van der Waals surface area contributed by atoms with Crippen LogP contribution < -0.4 is 10.1 Å². The number of hydrogen-bond donors (Lipinski definition) is 3. The smallest absolute Gasteiger partial charge is 0.251 e. The maximum atomic E-state index is 12.2. The monoisotopic (exact) mass is 297 g/mol. The molecule has 0 aliphatic rings. The summed E-state index contributed by atoms with van der Waals surface area (Å²) in [5, 5.41) is 12.5. The first-order valence-electron chi connectivity index (χ1n) is 6.74. The van der Waals surface area contributed by atoms with Gasteiger partial charge in [-0.05, 0) is 35.9 Å². The first-order valence-corrected chi connectivity index (χ1v) is 6.74. The van der Waals surface area contributed by atoms with Crippen molar-refractivity contribution in [2.24, 2.45) is 0 Å². The van der Waals surface area contributed by atoms with E-state index in [-0.39, 0.29) is 11.7 Å². The average molecular weight is 297 g/mol. The fourth-order valence-corrected chi connectivity index (χ4v) is 2.21. The van der Waals surface area contributed by atoms with E-state index in [1.165, 1.54) is 7.11 Å². The number of aromatic nitrogens is 2. The highest BCUT2D eigenvalue weighted by atomic mass is 16.5. The van der Waals surface area contributed by atoms with Gasteiger partial charge in [0.2, 0.25) is 0 Å². The molecule has 0 aliphatic carbocycles. The van der Waals surface area contributed by atoms with E-state index < -0.39 is 0 Å². The van der Waals surface area contributed by atoms with E-state index in [0.29, 0.717) is 17.9 Å². The molecule has 3 aromatic rings. The van der Waals surface area contributed by atoms with Crippen molar-refractivity contribution < 1.29 is 14.6 Å². The van der Waals surface area contributed by atoms with Crippen molar-refractivity contribution in [1.29, 1.82) is 0 Å². The fourth-order valence-electron chi connectivity index (χ4n) is 2.21. The number of phenols is 1. The highest BCUT2D eigenvalue weighted by molar-refractivity contribution is 5.97. The van der Waals surface area contributed by atoms with E-state index in [9.17, 15) is 9.90 Å². The number of amides is 1. The number of aromatic hydroxyl groups is 1. The van der Waals surface area contributed by atoms with Gasteiger partial charge in [-0.2, -0.15) is 0 Å². The second-order valence-corrected chi connectivity index (χ2v) is 4.82. The van der Waals surface area contributed by atoms with Crippen LogP contribution in [-0.4, -0.2) is 28.1 Å². The summed E-state index contributed by atoms with van der Waals surface area (Å²) >= 11 is 0. The topological polar surface area (TPSA) is 87.2 Å². The van der Waals surface area contributed by atoms with Crippen LogP contribution in [0.2, 0.25) is 0 Å². The molecule has 22 heavy (non-hydrogen) atoms. The standard InChI is InChI=1S/C16H15N3O3/c1-22-15-5-2-10(6-14(15)20)8-17-16(21)11-3-4-12-13(7-11)19-9-18-12/h2-7,9,20H,8H2,1H3,(H,17,21)(H,18,19). The van der Waals surface area contributed by atoms with Crippen molar-refractivity contribution in [2.45, 2.75) is 6.54 Å². The molecule has 6 heteroatoms. The lowest BCUT2D eigenvalue weighted by molar-refractivity contribution is 0.0951. The first kappa shape index (κ1) is 13.9. The summed E-state index contributed by atoms with van der Waals surface area (Å²) in [6.07, 6.45) is 1.59. The Bertz CT molecular complexity index is 826. The van der Waals surface area contributed by atoms with Crippen LogP contribution in [0, 0.1) is 0 Å². The molecule has 0 aliphatic heterocycles. The largest absolute Gasteiger partial charge is 0.504 e. The van der Waals surface area contributed by atoms with Gasteiger partial charge in [-0.25, -0.2) is 4.98 Å². The molecular weight excluding hydrogens is 282 g/mol. The van der Waals surface area contributed by atoms with Gasteiger partial charge in [0.15, 0.2) is 11.5 Å². The van der Waals surface area contributed by atoms with Gasteiger partial charge < -0.3 is 20.1 Å². The number of imidazole rings is 1. The molecule has 112 valence electrons. The zero-order valence-corrected chi connectivity index (χ0v) is 12.0. The van der Waals surface area contributed by atoms with Gasteiger partial charge >= 0.3 is 0 Å². The van der Waals surface area contributed by atoms with E-state index >= 15 is 0 Å². The molecule has 0 bridgehead atoms. The molecule has 1 amide bonds. The number of H-pyrrole nitrogens is 1. The van der Waals surface area contributed by atoms with Crippen molar-refractivity contribution in [2.75, 3.05) is 7.11 Å². The zero-order valence-electron chi connectivity index (χ0n) is 12.0. The van der Waals surface area contributed by atoms with E-state index in [1.54, 1.807) is 42.7 Å². The van der Waals surface area contributed by atoms with Gasteiger partial charge in [-0.1, -0.05) is 6.07 Å². The van der Waals surface area contributed by atoms with Gasteiger partial charge in [-0.3, -0.25) is 4.79 Å². The Labute approximate surface area is 126 Å². The molecule has 6 nitrogen and oxygen atoms in total. The lowest BCUT2D eigenvalue weighted by Gasteiger charge is -2.08. The lowest BCUT2D eigenvalue weighted by Crippen LogP contribution is -2.22.